The molecule has 1 saturated heterocycles. The second-order valence-corrected chi connectivity index (χ2v) is 6.02. The van der Waals surface area contributed by atoms with Gasteiger partial charge >= 0.3 is 0 Å². The van der Waals surface area contributed by atoms with Crippen molar-refractivity contribution in [3.05, 3.63) is 29.6 Å². The van der Waals surface area contributed by atoms with Crippen LogP contribution in [0.4, 0.5) is 4.39 Å². The van der Waals surface area contributed by atoms with Crippen molar-refractivity contribution in [2.45, 2.75) is 64.1 Å². The minimum absolute atomic E-state index is 0.0420. The van der Waals surface area contributed by atoms with Crippen molar-refractivity contribution < 1.29 is 14.2 Å². The number of rotatable bonds is 5. The van der Waals surface area contributed by atoms with E-state index in [0.29, 0.717) is 11.6 Å². The second kappa shape index (κ2) is 6.75. The molecule has 118 valence electrons. The summed E-state index contributed by atoms with van der Waals surface area (Å²) in [7, 11) is 0. The van der Waals surface area contributed by atoms with Crippen molar-refractivity contribution in [1.82, 2.24) is 5.32 Å². The van der Waals surface area contributed by atoms with Crippen LogP contribution in [0.3, 0.4) is 0 Å². The number of aromatic hydroxyl groups is 1. The van der Waals surface area contributed by atoms with Crippen molar-refractivity contribution in [3.8, 4) is 5.75 Å². The summed E-state index contributed by atoms with van der Waals surface area (Å²) in [5, 5.41) is 13.4. The van der Waals surface area contributed by atoms with Gasteiger partial charge in [-0.25, -0.2) is 4.39 Å². The summed E-state index contributed by atoms with van der Waals surface area (Å²) in [6.45, 7) is 7.03. The van der Waals surface area contributed by atoms with E-state index in [2.05, 4.69) is 19.2 Å². The molecular weight excluding hydrogens is 269 g/mol. The number of hydrogen-bond acceptors (Lipinski definition) is 3. The summed E-state index contributed by atoms with van der Waals surface area (Å²) in [5.74, 6) is -0.180. The summed E-state index contributed by atoms with van der Waals surface area (Å²) in [6.07, 6.45) is 3.91. The van der Waals surface area contributed by atoms with Crippen LogP contribution in [-0.2, 0) is 4.74 Å². The predicted octanol–water partition coefficient (Wildman–Crippen LogP) is 3.92. The number of hydrogen-bond donors (Lipinski definition) is 2. The van der Waals surface area contributed by atoms with E-state index < -0.39 is 0 Å². The molecule has 2 atom stereocenters. The fourth-order valence-corrected chi connectivity index (χ4v) is 3.23. The van der Waals surface area contributed by atoms with Crippen LogP contribution < -0.4 is 5.32 Å². The van der Waals surface area contributed by atoms with Gasteiger partial charge in [0.05, 0.1) is 5.60 Å². The summed E-state index contributed by atoms with van der Waals surface area (Å²) < 4.78 is 19.3. The predicted molar refractivity (Wildman–Crippen MR) is 81.9 cm³/mol. The highest BCUT2D eigenvalue weighted by atomic mass is 19.1. The quantitative estimate of drug-likeness (QED) is 0.865. The van der Waals surface area contributed by atoms with E-state index in [0.717, 1.165) is 32.3 Å². The fraction of sp³-hybridized carbons (Fsp3) is 0.647. The fourth-order valence-electron chi connectivity index (χ4n) is 3.23. The molecule has 2 rings (SSSR count). The molecule has 2 unspecified atom stereocenters. The molecule has 0 bridgehead atoms. The van der Waals surface area contributed by atoms with Crippen LogP contribution in [0, 0.1) is 5.82 Å². The number of halogens is 1. The molecule has 4 heteroatoms. The van der Waals surface area contributed by atoms with Crippen LogP contribution in [0.1, 0.15) is 58.1 Å². The van der Waals surface area contributed by atoms with E-state index in [4.69, 9.17) is 4.74 Å². The third-order valence-corrected chi connectivity index (χ3v) is 4.72. The van der Waals surface area contributed by atoms with E-state index in [9.17, 15) is 9.50 Å². The van der Waals surface area contributed by atoms with E-state index in [1.54, 1.807) is 0 Å². The topological polar surface area (TPSA) is 41.5 Å². The van der Waals surface area contributed by atoms with Gasteiger partial charge in [-0.2, -0.15) is 0 Å². The van der Waals surface area contributed by atoms with E-state index >= 15 is 0 Å². The molecule has 1 aromatic rings. The number of benzene rings is 1. The number of nitrogens with one attached hydrogen (secondary N) is 1. The first-order valence-electron chi connectivity index (χ1n) is 7.88. The monoisotopic (exact) mass is 295 g/mol. The second-order valence-electron chi connectivity index (χ2n) is 6.02. The van der Waals surface area contributed by atoms with Crippen LogP contribution >= 0.6 is 0 Å². The summed E-state index contributed by atoms with van der Waals surface area (Å²) >= 11 is 0. The molecule has 0 saturated carbocycles. The molecule has 0 aromatic heterocycles. The first-order chi connectivity index (χ1) is 9.99. The maximum atomic E-state index is 13.4. The molecule has 0 spiro atoms. The van der Waals surface area contributed by atoms with Crippen LogP contribution in [0.25, 0.3) is 0 Å². The molecule has 1 aliphatic rings. The molecule has 21 heavy (non-hydrogen) atoms. The van der Waals surface area contributed by atoms with Gasteiger partial charge in [-0.05, 0) is 50.8 Å². The summed E-state index contributed by atoms with van der Waals surface area (Å²) in [4.78, 5) is 0. The van der Waals surface area contributed by atoms with Crippen LogP contribution in [0.2, 0.25) is 0 Å². The first kappa shape index (κ1) is 16.2. The van der Waals surface area contributed by atoms with Gasteiger partial charge in [0.15, 0.2) is 0 Å². The van der Waals surface area contributed by atoms with Gasteiger partial charge in [0.1, 0.15) is 11.6 Å². The Hall–Kier alpha value is -1.13. The van der Waals surface area contributed by atoms with Crippen molar-refractivity contribution in [2.24, 2.45) is 0 Å². The van der Waals surface area contributed by atoms with Crippen LogP contribution in [0.15, 0.2) is 18.2 Å². The van der Waals surface area contributed by atoms with Gasteiger partial charge in [0, 0.05) is 24.3 Å². The van der Waals surface area contributed by atoms with Gasteiger partial charge in [0.2, 0.25) is 0 Å². The third kappa shape index (κ3) is 3.74. The van der Waals surface area contributed by atoms with Gasteiger partial charge in [0.25, 0.3) is 0 Å². The summed E-state index contributed by atoms with van der Waals surface area (Å²) in [6, 6.07) is 4.33. The zero-order valence-electron chi connectivity index (χ0n) is 13.2. The number of phenolic OH excluding ortho intramolecular Hbond substituents is 1. The lowest BCUT2D eigenvalue weighted by Crippen LogP contribution is -2.47. The van der Waals surface area contributed by atoms with Crippen LogP contribution in [-0.4, -0.2) is 23.4 Å². The molecule has 0 radical (unpaired) electrons. The highest BCUT2D eigenvalue weighted by Crippen LogP contribution is 2.33. The Labute approximate surface area is 126 Å². The smallest absolute Gasteiger partial charge is 0.123 e. The first-order valence-corrected chi connectivity index (χ1v) is 7.88. The van der Waals surface area contributed by atoms with E-state index in [1.807, 2.05) is 6.92 Å². The minimum Gasteiger partial charge on any atom is -0.508 e. The average molecular weight is 295 g/mol. The SMILES string of the molecule is CCC1(CC)CC(NC(C)c2cc(F)ccc2O)CCO1. The van der Waals surface area contributed by atoms with Gasteiger partial charge in [-0.1, -0.05) is 13.8 Å². The third-order valence-electron chi connectivity index (χ3n) is 4.72. The molecule has 3 nitrogen and oxygen atoms in total. The lowest BCUT2D eigenvalue weighted by molar-refractivity contribution is -0.0939. The number of phenols is 1. The Morgan fingerprint density at radius 3 is 2.81 bits per heavy atom. The van der Waals surface area contributed by atoms with Crippen molar-refractivity contribution in [3.63, 3.8) is 0 Å². The Bertz CT molecular complexity index is 474. The molecule has 1 heterocycles. The van der Waals surface area contributed by atoms with E-state index in [1.165, 1.54) is 18.2 Å². The zero-order valence-corrected chi connectivity index (χ0v) is 13.2. The minimum atomic E-state index is -0.320. The molecular formula is C17H26FNO2. The number of ether oxygens (including phenoxy) is 1. The Balaban J connectivity index is 2.05. The maximum Gasteiger partial charge on any atom is 0.123 e. The maximum absolute atomic E-state index is 13.4. The Kier molecular flexibility index (Phi) is 5.22. The molecule has 1 fully saturated rings. The molecule has 0 amide bonds. The zero-order chi connectivity index (χ0) is 15.5. The molecule has 0 aliphatic carbocycles. The highest BCUT2D eigenvalue weighted by molar-refractivity contribution is 5.34. The molecule has 2 N–H and O–H groups in total. The lowest BCUT2D eigenvalue weighted by Gasteiger charge is -2.41. The van der Waals surface area contributed by atoms with Gasteiger partial charge < -0.3 is 15.2 Å². The van der Waals surface area contributed by atoms with Gasteiger partial charge in [-0.15, -0.1) is 0 Å². The van der Waals surface area contributed by atoms with E-state index in [-0.39, 0.29) is 23.2 Å². The summed E-state index contributed by atoms with van der Waals surface area (Å²) in [5.41, 5.74) is 0.569. The average Bonchev–Trinajstić information content (AvgIpc) is 2.49. The standard InChI is InChI=1S/C17H26FNO2/c1-4-17(5-2)11-14(8-9-21-17)19-12(3)15-10-13(18)6-7-16(15)20/h6-7,10,12,14,19-20H,4-5,8-9,11H2,1-3H3. The Morgan fingerprint density at radius 2 is 2.14 bits per heavy atom. The van der Waals surface area contributed by atoms with Crippen molar-refractivity contribution in [2.75, 3.05) is 6.61 Å². The van der Waals surface area contributed by atoms with Crippen molar-refractivity contribution in [1.29, 1.82) is 0 Å². The highest BCUT2D eigenvalue weighted by Gasteiger charge is 2.35. The van der Waals surface area contributed by atoms with Crippen LogP contribution in [0.5, 0.6) is 5.75 Å². The Morgan fingerprint density at radius 1 is 1.43 bits per heavy atom. The van der Waals surface area contributed by atoms with Crippen molar-refractivity contribution >= 4 is 0 Å². The normalized spacial score (nSPS) is 23.0. The molecule has 1 aliphatic heterocycles. The lowest BCUT2D eigenvalue weighted by atomic mass is 9.85. The van der Waals surface area contributed by atoms with Gasteiger partial charge in [-0.3, -0.25) is 0 Å². The largest absolute Gasteiger partial charge is 0.508 e. The molecule has 1 aromatic carbocycles.